The number of benzene rings is 12. The van der Waals surface area contributed by atoms with E-state index in [1.807, 2.05) is 0 Å². The first-order chi connectivity index (χ1) is 39.0. The third-order valence-corrected chi connectivity index (χ3v) is 18.7. The van der Waals surface area contributed by atoms with Crippen LogP contribution in [0.1, 0.15) is 69.5 Å². The molecule has 12 aromatic rings. The maximum Gasteiger partial charge on any atom is 0.0746 e. The number of anilines is 6. The van der Waals surface area contributed by atoms with Crippen molar-refractivity contribution in [1.29, 1.82) is 0 Å². The Morgan fingerprint density at radius 2 is 0.532 bits per heavy atom. The fourth-order valence-corrected chi connectivity index (χ4v) is 15.6. The highest BCUT2D eigenvalue weighted by Crippen LogP contribution is 2.67. The summed E-state index contributed by atoms with van der Waals surface area (Å²) in [5.74, 6) is 0. The zero-order valence-corrected chi connectivity index (χ0v) is 44.0. The lowest BCUT2D eigenvalue weighted by atomic mass is 9.69. The van der Waals surface area contributed by atoms with Crippen molar-refractivity contribution >= 4 is 34.1 Å². The molecule has 0 fully saturated rings. The van der Waals surface area contributed by atoms with E-state index in [1.54, 1.807) is 0 Å². The highest BCUT2D eigenvalue weighted by Gasteiger charge is 2.55. The molecule has 2 nitrogen and oxygen atoms in total. The van der Waals surface area contributed by atoms with E-state index in [4.69, 9.17) is 0 Å². The van der Waals surface area contributed by atoms with Gasteiger partial charge in [0.1, 0.15) is 0 Å². The van der Waals surface area contributed by atoms with E-state index in [0.717, 1.165) is 28.4 Å². The minimum Gasteiger partial charge on any atom is -0.310 e. The van der Waals surface area contributed by atoms with Crippen LogP contribution in [0.15, 0.2) is 279 Å². The molecule has 2 spiro atoms. The summed E-state index contributed by atoms with van der Waals surface area (Å²) in [6.45, 7) is 4.81. The zero-order chi connectivity index (χ0) is 52.2. The van der Waals surface area contributed by atoms with E-state index in [-0.39, 0.29) is 5.41 Å². The molecule has 12 aromatic carbocycles. The Morgan fingerprint density at radius 1 is 0.215 bits per heavy atom. The van der Waals surface area contributed by atoms with E-state index in [2.05, 4.69) is 303 Å². The van der Waals surface area contributed by atoms with E-state index >= 15 is 0 Å². The second-order valence-electron chi connectivity index (χ2n) is 22.6. The summed E-state index contributed by atoms with van der Waals surface area (Å²) < 4.78 is 0. The summed E-state index contributed by atoms with van der Waals surface area (Å²) >= 11 is 0. The average Bonchev–Trinajstić information content (AvgIpc) is 2.29. The topological polar surface area (TPSA) is 6.48 Å². The van der Waals surface area contributed by atoms with Crippen molar-refractivity contribution < 1.29 is 0 Å². The van der Waals surface area contributed by atoms with Gasteiger partial charge in [-0.3, -0.25) is 0 Å². The molecule has 0 saturated heterocycles. The summed E-state index contributed by atoms with van der Waals surface area (Å²) in [5, 5.41) is 0. The van der Waals surface area contributed by atoms with Crippen LogP contribution in [0, 0.1) is 0 Å². The van der Waals surface area contributed by atoms with Gasteiger partial charge in [0.05, 0.1) is 16.5 Å². The molecule has 0 bridgehead atoms. The van der Waals surface area contributed by atoms with E-state index in [1.165, 1.54) is 117 Å². The fourth-order valence-electron chi connectivity index (χ4n) is 15.6. The molecule has 0 heterocycles. The number of rotatable bonds is 6. The van der Waals surface area contributed by atoms with Crippen LogP contribution in [-0.2, 0) is 16.2 Å². The van der Waals surface area contributed by atoms with Crippen LogP contribution in [-0.4, -0.2) is 0 Å². The van der Waals surface area contributed by atoms with Crippen molar-refractivity contribution in [3.63, 3.8) is 0 Å². The Balaban J connectivity index is 0.960. The number of hydrogen-bond donors (Lipinski definition) is 0. The Bertz CT molecular complexity index is 4430. The molecular formula is C77H52N2. The molecule has 0 aromatic heterocycles. The van der Waals surface area contributed by atoms with Crippen LogP contribution in [0.25, 0.3) is 55.6 Å². The molecule has 0 aliphatic heterocycles. The minimum atomic E-state index is -0.629. The van der Waals surface area contributed by atoms with Crippen LogP contribution in [0.3, 0.4) is 0 Å². The first kappa shape index (κ1) is 44.4. The van der Waals surface area contributed by atoms with E-state index < -0.39 is 10.8 Å². The predicted octanol–water partition coefficient (Wildman–Crippen LogP) is 19.6. The van der Waals surface area contributed by atoms with E-state index in [0.29, 0.717) is 0 Å². The fraction of sp³-hybridized carbons (Fsp3) is 0.0649. The van der Waals surface area contributed by atoms with Gasteiger partial charge in [0.25, 0.3) is 0 Å². The van der Waals surface area contributed by atoms with Crippen molar-refractivity contribution in [3.05, 3.63) is 335 Å². The standard InChI is InChI=1S/C77H52N2/c1-75(2)64-33-15-9-26-54(64)60-43-41-52(46-70(60)75)79(73-39-21-32-63-59-31-14-20-38-69(59)77(74(63)73)67-36-18-12-27-55(67)56-28-13-19-37-68(56)77)53-42-45-62-58-30-11-17-35-66(58)76(72(62)48-53)65-34-16-10-29-57(65)61-44-40-51(47-71(61)76)78(49-22-5-3-6-23-49)50-24-7-4-8-25-50/h3-48H,1-2H3. The molecule has 0 amide bonds. The van der Waals surface area contributed by atoms with Crippen LogP contribution in [0.4, 0.5) is 34.1 Å². The summed E-state index contributed by atoms with van der Waals surface area (Å²) in [5.41, 5.74) is 31.5. The third kappa shape index (κ3) is 5.70. The van der Waals surface area contributed by atoms with Crippen molar-refractivity contribution in [2.75, 3.05) is 9.80 Å². The van der Waals surface area contributed by atoms with Gasteiger partial charge in [0.15, 0.2) is 0 Å². The van der Waals surface area contributed by atoms with Gasteiger partial charge in [-0.1, -0.05) is 226 Å². The maximum absolute atomic E-state index is 2.64. The molecule has 0 N–H and O–H groups in total. The van der Waals surface area contributed by atoms with Crippen LogP contribution in [0.2, 0.25) is 0 Å². The number of fused-ring (bicyclic) bond motifs is 23. The van der Waals surface area contributed by atoms with Crippen molar-refractivity contribution in [2.45, 2.75) is 30.1 Å². The van der Waals surface area contributed by atoms with Gasteiger partial charge in [0.2, 0.25) is 0 Å². The van der Waals surface area contributed by atoms with Crippen molar-refractivity contribution in [1.82, 2.24) is 0 Å². The number of nitrogens with zero attached hydrogens (tertiary/aromatic N) is 2. The predicted molar refractivity (Wildman–Crippen MR) is 326 cm³/mol. The Hall–Kier alpha value is -9.76. The quantitative estimate of drug-likeness (QED) is 0.164. The Labute approximate surface area is 461 Å². The molecule has 17 rings (SSSR count). The van der Waals surface area contributed by atoms with Gasteiger partial charge in [-0.15, -0.1) is 0 Å². The molecule has 0 radical (unpaired) electrons. The van der Waals surface area contributed by atoms with Gasteiger partial charge >= 0.3 is 0 Å². The average molecular weight is 1010 g/mol. The van der Waals surface area contributed by atoms with Crippen molar-refractivity contribution in [2.24, 2.45) is 0 Å². The van der Waals surface area contributed by atoms with Crippen molar-refractivity contribution in [3.8, 4) is 55.6 Å². The molecule has 0 saturated carbocycles. The monoisotopic (exact) mass is 1000 g/mol. The molecule has 79 heavy (non-hydrogen) atoms. The normalized spacial score (nSPS) is 16.0. The van der Waals surface area contributed by atoms with Crippen LogP contribution < -0.4 is 9.80 Å². The summed E-state index contributed by atoms with van der Waals surface area (Å²) in [4.78, 5) is 5.05. The number of para-hydroxylation sites is 2. The summed E-state index contributed by atoms with van der Waals surface area (Å²) in [6.07, 6.45) is 0. The lowest BCUT2D eigenvalue weighted by molar-refractivity contribution is 0.660. The lowest BCUT2D eigenvalue weighted by Crippen LogP contribution is -2.29. The van der Waals surface area contributed by atoms with Gasteiger partial charge in [-0.05, 0) is 172 Å². The Kier molecular flexibility index (Phi) is 9.07. The van der Waals surface area contributed by atoms with Gasteiger partial charge < -0.3 is 9.80 Å². The summed E-state index contributed by atoms with van der Waals surface area (Å²) in [7, 11) is 0. The molecule has 1 atom stereocenters. The van der Waals surface area contributed by atoms with Gasteiger partial charge in [-0.2, -0.15) is 0 Å². The highest BCUT2D eigenvalue weighted by atomic mass is 15.2. The second kappa shape index (κ2) is 16.1. The summed E-state index contributed by atoms with van der Waals surface area (Å²) in [6, 6.07) is 106. The minimum absolute atomic E-state index is 0.209. The largest absolute Gasteiger partial charge is 0.310 e. The molecule has 5 aliphatic rings. The number of hydrogen-bond acceptors (Lipinski definition) is 2. The molecule has 2 heteroatoms. The molecule has 5 aliphatic carbocycles. The van der Waals surface area contributed by atoms with Crippen LogP contribution in [0.5, 0.6) is 0 Å². The van der Waals surface area contributed by atoms with Gasteiger partial charge in [-0.25, -0.2) is 0 Å². The molecular weight excluding hydrogens is 953 g/mol. The lowest BCUT2D eigenvalue weighted by Gasteiger charge is -2.37. The molecule has 1 unspecified atom stereocenters. The smallest absolute Gasteiger partial charge is 0.0746 e. The first-order valence-electron chi connectivity index (χ1n) is 27.8. The van der Waals surface area contributed by atoms with E-state index in [9.17, 15) is 0 Å². The van der Waals surface area contributed by atoms with Crippen LogP contribution >= 0.6 is 0 Å². The maximum atomic E-state index is 2.64. The Morgan fingerprint density at radius 3 is 0.987 bits per heavy atom. The highest BCUT2D eigenvalue weighted by molar-refractivity contribution is 6.02. The second-order valence-corrected chi connectivity index (χ2v) is 22.6. The zero-order valence-electron chi connectivity index (χ0n) is 44.0. The SMILES string of the molecule is CC1(C)c2ccccc2-c2ccc(N(c3ccc4c(c3)C3(c5ccccc5-c5ccc(N(c6ccccc6)c6ccccc6)cc53)c3ccccc3-4)c3cccc4c3C3(c5ccccc5-c5ccccc53)c3ccccc3-4)cc21. The molecule has 370 valence electrons. The first-order valence-corrected chi connectivity index (χ1v) is 27.8. The van der Waals surface area contributed by atoms with Gasteiger partial charge in [0, 0.05) is 39.4 Å². The third-order valence-electron chi connectivity index (χ3n) is 18.7.